The molecule has 0 saturated carbocycles. The molecule has 1 aliphatic rings. The van der Waals surface area contributed by atoms with Crippen molar-refractivity contribution >= 4 is 5.97 Å². The minimum atomic E-state index is -0.848. The number of carboxylic acids is 1. The second-order valence-electron chi connectivity index (χ2n) is 3.64. The molecule has 0 radical (unpaired) electrons. The fourth-order valence-electron chi connectivity index (χ4n) is 1.91. The molecule has 0 amide bonds. The summed E-state index contributed by atoms with van der Waals surface area (Å²) >= 11 is 0. The van der Waals surface area contributed by atoms with Crippen molar-refractivity contribution in [3.05, 3.63) is 34.9 Å². The standard InChI is InChI=1S/C11H13NO2/c1-7-10-3-2-9(11(13)14)6-8(10)4-5-12-7/h2-3,6-7,12H,4-5H2,1H3,(H,13,14)/t7-/m0/s1. The Morgan fingerprint density at radius 2 is 2.36 bits per heavy atom. The number of nitrogens with one attached hydrogen (secondary N) is 1. The Morgan fingerprint density at radius 1 is 1.57 bits per heavy atom. The van der Waals surface area contributed by atoms with Gasteiger partial charge in [-0.3, -0.25) is 0 Å². The van der Waals surface area contributed by atoms with Gasteiger partial charge in [0.1, 0.15) is 0 Å². The molecule has 0 bridgehead atoms. The molecule has 0 fully saturated rings. The van der Waals surface area contributed by atoms with Crippen LogP contribution in [0.4, 0.5) is 0 Å². The van der Waals surface area contributed by atoms with Crippen molar-refractivity contribution in [3.8, 4) is 0 Å². The van der Waals surface area contributed by atoms with Gasteiger partial charge in [-0.1, -0.05) is 6.07 Å². The molecule has 1 aromatic rings. The van der Waals surface area contributed by atoms with Crippen molar-refractivity contribution in [1.82, 2.24) is 5.32 Å². The lowest BCUT2D eigenvalue weighted by Crippen LogP contribution is -2.27. The summed E-state index contributed by atoms with van der Waals surface area (Å²) in [5.74, 6) is -0.848. The average Bonchev–Trinajstić information content (AvgIpc) is 2.17. The Balaban J connectivity index is 2.44. The van der Waals surface area contributed by atoms with Gasteiger partial charge >= 0.3 is 5.97 Å². The van der Waals surface area contributed by atoms with Crippen molar-refractivity contribution < 1.29 is 9.90 Å². The number of hydrogen-bond donors (Lipinski definition) is 2. The summed E-state index contributed by atoms with van der Waals surface area (Å²) in [6.45, 7) is 3.02. The predicted molar refractivity (Wildman–Crippen MR) is 53.5 cm³/mol. The SMILES string of the molecule is C[C@@H]1NCCc2cc(C(=O)O)ccc21. The molecule has 1 heterocycles. The molecular formula is C11H13NO2. The van der Waals surface area contributed by atoms with E-state index >= 15 is 0 Å². The van der Waals surface area contributed by atoms with Crippen molar-refractivity contribution in [2.75, 3.05) is 6.54 Å². The van der Waals surface area contributed by atoms with Crippen molar-refractivity contribution in [2.24, 2.45) is 0 Å². The van der Waals surface area contributed by atoms with Crippen LogP contribution in [0.25, 0.3) is 0 Å². The van der Waals surface area contributed by atoms with Gasteiger partial charge in [-0.2, -0.15) is 0 Å². The molecule has 1 aromatic carbocycles. The zero-order valence-corrected chi connectivity index (χ0v) is 8.08. The molecule has 0 spiro atoms. The van der Waals surface area contributed by atoms with Gasteiger partial charge in [0, 0.05) is 6.04 Å². The first-order chi connectivity index (χ1) is 6.68. The Morgan fingerprint density at radius 3 is 3.07 bits per heavy atom. The zero-order chi connectivity index (χ0) is 10.1. The van der Waals surface area contributed by atoms with E-state index < -0.39 is 5.97 Å². The first-order valence-electron chi connectivity index (χ1n) is 4.78. The Labute approximate surface area is 82.8 Å². The highest BCUT2D eigenvalue weighted by Gasteiger charge is 2.16. The van der Waals surface area contributed by atoms with Crippen LogP contribution in [-0.4, -0.2) is 17.6 Å². The van der Waals surface area contributed by atoms with Crippen molar-refractivity contribution in [3.63, 3.8) is 0 Å². The first kappa shape index (κ1) is 9.21. The quantitative estimate of drug-likeness (QED) is 0.708. The second-order valence-corrected chi connectivity index (χ2v) is 3.64. The van der Waals surface area contributed by atoms with Crippen LogP contribution in [-0.2, 0) is 6.42 Å². The lowest BCUT2D eigenvalue weighted by molar-refractivity contribution is 0.0696. The van der Waals surface area contributed by atoms with Crippen LogP contribution in [0.5, 0.6) is 0 Å². The maximum Gasteiger partial charge on any atom is 0.335 e. The number of benzene rings is 1. The summed E-state index contributed by atoms with van der Waals surface area (Å²) in [7, 11) is 0. The predicted octanol–water partition coefficient (Wildman–Crippen LogP) is 1.59. The van der Waals surface area contributed by atoms with Crippen LogP contribution in [0.15, 0.2) is 18.2 Å². The topological polar surface area (TPSA) is 49.3 Å². The van der Waals surface area contributed by atoms with E-state index in [0.29, 0.717) is 11.6 Å². The van der Waals surface area contributed by atoms with E-state index in [1.165, 1.54) is 5.56 Å². The van der Waals surface area contributed by atoms with Gasteiger partial charge < -0.3 is 10.4 Å². The molecule has 2 rings (SSSR count). The molecular weight excluding hydrogens is 178 g/mol. The largest absolute Gasteiger partial charge is 0.478 e. The minimum absolute atomic E-state index is 0.335. The van der Waals surface area contributed by atoms with Gasteiger partial charge in [0.05, 0.1) is 5.56 Å². The monoisotopic (exact) mass is 191 g/mol. The van der Waals surface area contributed by atoms with E-state index in [1.807, 2.05) is 6.07 Å². The number of rotatable bonds is 1. The normalized spacial score (nSPS) is 20.2. The third kappa shape index (κ3) is 1.51. The van der Waals surface area contributed by atoms with E-state index in [-0.39, 0.29) is 0 Å². The van der Waals surface area contributed by atoms with Gasteiger partial charge in [-0.05, 0) is 43.1 Å². The number of fused-ring (bicyclic) bond motifs is 1. The lowest BCUT2D eigenvalue weighted by Gasteiger charge is -2.23. The number of hydrogen-bond acceptors (Lipinski definition) is 2. The summed E-state index contributed by atoms with van der Waals surface area (Å²) < 4.78 is 0. The first-order valence-corrected chi connectivity index (χ1v) is 4.78. The van der Waals surface area contributed by atoms with Gasteiger partial charge in [-0.15, -0.1) is 0 Å². The van der Waals surface area contributed by atoms with Gasteiger partial charge in [-0.25, -0.2) is 4.79 Å². The van der Waals surface area contributed by atoms with E-state index in [4.69, 9.17) is 5.11 Å². The molecule has 0 unspecified atom stereocenters. The summed E-state index contributed by atoms with van der Waals surface area (Å²) in [4.78, 5) is 10.8. The Kier molecular flexibility index (Phi) is 2.25. The molecule has 74 valence electrons. The van der Waals surface area contributed by atoms with Gasteiger partial charge in [0.15, 0.2) is 0 Å². The third-order valence-electron chi connectivity index (χ3n) is 2.70. The summed E-state index contributed by atoms with van der Waals surface area (Å²) in [5, 5.41) is 12.2. The van der Waals surface area contributed by atoms with Crippen molar-refractivity contribution in [1.29, 1.82) is 0 Å². The summed E-state index contributed by atoms with van der Waals surface area (Å²) in [5.41, 5.74) is 2.77. The van der Waals surface area contributed by atoms with E-state index in [1.54, 1.807) is 12.1 Å². The summed E-state index contributed by atoms with van der Waals surface area (Å²) in [6, 6.07) is 5.71. The van der Waals surface area contributed by atoms with E-state index in [9.17, 15) is 4.79 Å². The van der Waals surface area contributed by atoms with Gasteiger partial charge in [0.2, 0.25) is 0 Å². The molecule has 1 aliphatic heterocycles. The number of carboxylic acid groups (broad SMARTS) is 1. The van der Waals surface area contributed by atoms with Crippen LogP contribution in [0, 0.1) is 0 Å². The molecule has 14 heavy (non-hydrogen) atoms. The lowest BCUT2D eigenvalue weighted by atomic mass is 9.93. The summed E-state index contributed by atoms with van der Waals surface area (Å²) in [6.07, 6.45) is 0.917. The molecule has 0 aliphatic carbocycles. The molecule has 0 saturated heterocycles. The minimum Gasteiger partial charge on any atom is -0.478 e. The highest BCUT2D eigenvalue weighted by atomic mass is 16.4. The maximum atomic E-state index is 10.8. The third-order valence-corrected chi connectivity index (χ3v) is 2.70. The zero-order valence-electron chi connectivity index (χ0n) is 8.08. The van der Waals surface area contributed by atoms with Crippen LogP contribution in [0.2, 0.25) is 0 Å². The van der Waals surface area contributed by atoms with E-state index in [2.05, 4.69) is 12.2 Å². The highest BCUT2D eigenvalue weighted by molar-refractivity contribution is 5.87. The number of aromatic carboxylic acids is 1. The molecule has 3 heteroatoms. The fourth-order valence-corrected chi connectivity index (χ4v) is 1.91. The average molecular weight is 191 g/mol. The van der Waals surface area contributed by atoms with E-state index in [0.717, 1.165) is 18.5 Å². The van der Waals surface area contributed by atoms with Crippen LogP contribution in [0.3, 0.4) is 0 Å². The smallest absolute Gasteiger partial charge is 0.335 e. The van der Waals surface area contributed by atoms with Gasteiger partial charge in [0.25, 0.3) is 0 Å². The fraction of sp³-hybridized carbons (Fsp3) is 0.364. The Hall–Kier alpha value is -1.35. The Bertz CT molecular complexity index is 374. The molecule has 3 nitrogen and oxygen atoms in total. The number of carbonyl (C=O) groups is 1. The highest BCUT2D eigenvalue weighted by Crippen LogP contribution is 2.23. The van der Waals surface area contributed by atoms with Crippen molar-refractivity contribution in [2.45, 2.75) is 19.4 Å². The maximum absolute atomic E-state index is 10.8. The van der Waals surface area contributed by atoms with Crippen LogP contribution < -0.4 is 5.32 Å². The molecule has 1 atom stereocenters. The van der Waals surface area contributed by atoms with Crippen LogP contribution in [0.1, 0.15) is 34.5 Å². The van der Waals surface area contributed by atoms with Crippen LogP contribution >= 0.6 is 0 Å². The molecule has 0 aromatic heterocycles. The second kappa shape index (κ2) is 3.42. The molecule has 2 N–H and O–H groups in total.